The second-order valence-corrected chi connectivity index (χ2v) is 5.38. The molecule has 1 aliphatic heterocycles. The summed E-state index contributed by atoms with van der Waals surface area (Å²) in [4.78, 5) is 37.5. The molecule has 4 heteroatoms. The first-order valence-corrected chi connectivity index (χ1v) is 7.09. The summed E-state index contributed by atoms with van der Waals surface area (Å²) < 4.78 is 0. The molecule has 1 aliphatic rings. The Morgan fingerprint density at radius 3 is 2.50 bits per heavy atom. The molecule has 4 nitrogen and oxygen atoms in total. The van der Waals surface area contributed by atoms with Crippen molar-refractivity contribution in [3.63, 3.8) is 0 Å². The molecule has 0 radical (unpaired) electrons. The maximum atomic E-state index is 12.5. The van der Waals surface area contributed by atoms with E-state index in [0.717, 1.165) is 5.56 Å². The van der Waals surface area contributed by atoms with Gasteiger partial charge in [-0.1, -0.05) is 36.4 Å². The third-order valence-electron chi connectivity index (χ3n) is 3.81. The average Bonchev–Trinajstić information content (AvgIpc) is 2.52. The Morgan fingerprint density at radius 1 is 1.09 bits per heavy atom. The van der Waals surface area contributed by atoms with Gasteiger partial charge >= 0.3 is 0 Å². The van der Waals surface area contributed by atoms with Crippen molar-refractivity contribution in [1.82, 2.24) is 4.90 Å². The van der Waals surface area contributed by atoms with Crippen LogP contribution in [0.2, 0.25) is 0 Å². The first-order valence-electron chi connectivity index (χ1n) is 7.09. The predicted octanol–water partition coefficient (Wildman–Crippen LogP) is 2.61. The number of carbonyl (C=O) groups is 3. The van der Waals surface area contributed by atoms with Gasteiger partial charge in [-0.05, 0) is 30.2 Å². The molecule has 0 saturated carbocycles. The number of amides is 2. The number of hydrogen-bond donors (Lipinski definition) is 0. The second kappa shape index (κ2) is 5.56. The van der Waals surface area contributed by atoms with Crippen molar-refractivity contribution in [2.75, 3.05) is 0 Å². The van der Waals surface area contributed by atoms with Crippen LogP contribution in [0, 0.1) is 0 Å². The Hall–Kier alpha value is -2.75. The number of benzene rings is 2. The van der Waals surface area contributed by atoms with E-state index >= 15 is 0 Å². The summed E-state index contributed by atoms with van der Waals surface area (Å²) in [7, 11) is 0. The van der Waals surface area contributed by atoms with Gasteiger partial charge in [-0.3, -0.25) is 19.3 Å². The van der Waals surface area contributed by atoms with Gasteiger partial charge in [0, 0.05) is 11.1 Å². The van der Waals surface area contributed by atoms with E-state index in [2.05, 4.69) is 0 Å². The number of fused-ring (bicyclic) bond motifs is 1. The summed E-state index contributed by atoms with van der Waals surface area (Å²) in [6, 6.07) is 14.3. The third-order valence-corrected chi connectivity index (χ3v) is 3.81. The minimum absolute atomic E-state index is 0.0746. The number of imide groups is 1. The summed E-state index contributed by atoms with van der Waals surface area (Å²) in [6.45, 7) is 1.74. The molecule has 0 bridgehead atoms. The summed E-state index contributed by atoms with van der Waals surface area (Å²) in [5.41, 5.74) is 2.57. The van der Waals surface area contributed by atoms with Crippen molar-refractivity contribution in [2.24, 2.45) is 0 Å². The van der Waals surface area contributed by atoms with Crippen molar-refractivity contribution in [1.29, 1.82) is 0 Å². The van der Waals surface area contributed by atoms with Crippen molar-refractivity contribution in [2.45, 2.75) is 19.9 Å². The monoisotopic (exact) mass is 293 g/mol. The van der Waals surface area contributed by atoms with E-state index in [1.54, 1.807) is 18.2 Å². The molecule has 0 spiro atoms. The molecule has 2 aromatic carbocycles. The first kappa shape index (κ1) is 14.2. The van der Waals surface area contributed by atoms with E-state index in [1.165, 1.54) is 11.8 Å². The summed E-state index contributed by atoms with van der Waals surface area (Å²) in [5, 5.41) is 0. The average molecular weight is 293 g/mol. The summed E-state index contributed by atoms with van der Waals surface area (Å²) in [6.07, 6.45) is 0.148. The molecule has 0 atom stereocenters. The van der Waals surface area contributed by atoms with Gasteiger partial charge in [-0.15, -0.1) is 0 Å². The fraction of sp³-hybridized carbons (Fsp3) is 0.167. The smallest absolute Gasteiger partial charge is 0.261 e. The summed E-state index contributed by atoms with van der Waals surface area (Å²) in [5.74, 6) is -0.610. The highest BCUT2D eigenvalue weighted by Gasteiger charge is 2.31. The molecule has 110 valence electrons. The van der Waals surface area contributed by atoms with Gasteiger partial charge in [0.05, 0.1) is 13.0 Å². The number of hydrogen-bond acceptors (Lipinski definition) is 3. The van der Waals surface area contributed by atoms with Crippen LogP contribution in [0.15, 0.2) is 48.5 Å². The first-order chi connectivity index (χ1) is 10.6. The zero-order chi connectivity index (χ0) is 15.7. The van der Waals surface area contributed by atoms with Gasteiger partial charge in [0.25, 0.3) is 5.91 Å². The van der Waals surface area contributed by atoms with E-state index in [4.69, 9.17) is 0 Å². The van der Waals surface area contributed by atoms with Crippen LogP contribution in [-0.4, -0.2) is 22.5 Å². The molecule has 0 fully saturated rings. The molecule has 0 aliphatic carbocycles. The highest BCUT2D eigenvalue weighted by atomic mass is 16.2. The Kier molecular flexibility index (Phi) is 3.59. The molecule has 3 rings (SSSR count). The zero-order valence-electron chi connectivity index (χ0n) is 12.2. The number of carbonyl (C=O) groups excluding carboxylic acids is 3. The lowest BCUT2D eigenvalue weighted by Gasteiger charge is -2.27. The minimum Gasteiger partial charge on any atom is -0.295 e. The minimum atomic E-state index is -0.301. The molecule has 0 N–H and O–H groups in total. The SMILES string of the molecule is CC(=O)c1ccc2c(c1)CC(=O)N(Cc1ccccc1)C2=O. The standard InChI is InChI=1S/C18H15NO3/c1-12(20)14-7-8-16-15(9-14)10-17(21)19(18(16)22)11-13-5-3-2-4-6-13/h2-9H,10-11H2,1H3. The lowest BCUT2D eigenvalue weighted by Crippen LogP contribution is -2.41. The zero-order valence-corrected chi connectivity index (χ0v) is 12.2. The second-order valence-electron chi connectivity index (χ2n) is 5.38. The van der Waals surface area contributed by atoms with Crippen LogP contribution < -0.4 is 0 Å². The Bertz CT molecular complexity index is 765. The number of nitrogens with zero attached hydrogens (tertiary/aromatic N) is 1. The highest BCUT2D eigenvalue weighted by molar-refractivity contribution is 6.10. The Balaban J connectivity index is 1.92. The molecule has 2 amide bonds. The van der Waals surface area contributed by atoms with Crippen LogP contribution in [-0.2, 0) is 17.8 Å². The van der Waals surface area contributed by atoms with E-state index in [9.17, 15) is 14.4 Å². The van der Waals surface area contributed by atoms with Crippen LogP contribution >= 0.6 is 0 Å². The lowest BCUT2D eigenvalue weighted by molar-refractivity contribution is -0.128. The van der Waals surface area contributed by atoms with Crippen LogP contribution in [0.3, 0.4) is 0 Å². The van der Waals surface area contributed by atoms with Crippen molar-refractivity contribution in [3.8, 4) is 0 Å². The molecule has 2 aromatic rings. The van der Waals surface area contributed by atoms with Gasteiger partial charge in [-0.25, -0.2) is 0 Å². The van der Waals surface area contributed by atoms with Crippen LogP contribution in [0.5, 0.6) is 0 Å². The molecular formula is C18H15NO3. The Labute approximate surface area is 128 Å². The predicted molar refractivity (Wildman–Crippen MR) is 81.5 cm³/mol. The normalized spacial score (nSPS) is 14.0. The van der Waals surface area contributed by atoms with Crippen molar-refractivity contribution in [3.05, 3.63) is 70.8 Å². The lowest BCUT2D eigenvalue weighted by atomic mass is 9.95. The fourth-order valence-electron chi connectivity index (χ4n) is 2.61. The molecule has 0 saturated heterocycles. The molecule has 22 heavy (non-hydrogen) atoms. The molecule has 1 heterocycles. The van der Waals surface area contributed by atoms with Gasteiger partial charge in [0.2, 0.25) is 5.91 Å². The largest absolute Gasteiger partial charge is 0.295 e. The van der Waals surface area contributed by atoms with Gasteiger partial charge in [0.15, 0.2) is 5.78 Å². The van der Waals surface area contributed by atoms with Crippen molar-refractivity contribution >= 4 is 17.6 Å². The van der Waals surface area contributed by atoms with Crippen LogP contribution in [0.4, 0.5) is 0 Å². The molecule has 0 aromatic heterocycles. The highest BCUT2D eigenvalue weighted by Crippen LogP contribution is 2.23. The maximum absolute atomic E-state index is 12.5. The van der Waals surface area contributed by atoms with Crippen molar-refractivity contribution < 1.29 is 14.4 Å². The van der Waals surface area contributed by atoms with E-state index in [-0.39, 0.29) is 30.6 Å². The molecule has 0 unspecified atom stereocenters. The quantitative estimate of drug-likeness (QED) is 0.645. The maximum Gasteiger partial charge on any atom is 0.261 e. The third kappa shape index (κ3) is 2.55. The van der Waals surface area contributed by atoms with Crippen LogP contribution in [0.1, 0.15) is 38.8 Å². The Morgan fingerprint density at radius 2 is 1.82 bits per heavy atom. The van der Waals surface area contributed by atoms with Gasteiger partial charge in [0.1, 0.15) is 0 Å². The van der Waals surface area contributed by atoms with Crippen LogP contribution in [0.25, 0.3) is 0 Å². The molecular weight excluding hydrogens is 278 g/mol. The fourth-order valence-corrected chi connectivity index (χ4v) is 2.61. The number of rotatable bonds is 3. The topological polar surface area (TPSA) is 54.5 Å². The number of Topliss-reactive ketones (excluding diaryl/α,β-unsaturated/α-hetero) is 1. The van der Waals surface area contributed by atoms with E-state index in [1.807, 2.05) is 30.3 Å². The van der Waals surface area contributed by atoms with E-state index < -0.39 is 0 Å². The summed E-state index contributed by atoms with van der Waals surface area (Å²) >= 11 is 0. The van der Waals surface area contributed by atoms with Gasteiger partial charge in [-0.2, -0.15) is 0 Å². The van der Waals surface area contributed by atoms with E-state index in [0.29, 0.717) is 16.7 Å². The number of ketones is 1. The van der Waals surface area contributed by atoms with Gasteiger partial charge < -0.3 is 0 Å².